The number of rotatable bonds is 6. The van der Waals surface area contributed by atoms with Gasteiger partial charge in [-0.2, -0.15) is 0 Å². The summed E-state index contributed by atoms with van der Waals surface area (Å²) in [4.78, 5) is 12.8. The van der Waals surface area contributed by atoms with Crippen LogP contribution in [0, 0.1) is 5.82 Å². The van der Waals surface area contributed by atoms with Crippen LogP contribution in [0.25, 0.3) is 0 Å². The van der Waals surface area contributed by atoms with Crippen molar-refractivity contribution in [1.82, 2.24) is 0 Å². The maximum absolute atomic E-state index is 13.5. The zero-order chi connectivity index (χ0) is 17.2. The molecule has 2 aromatic carbocycles. The normalized spacial score (nSPS) is 19.2. The summed E-state index contributed by atoms with van der Waals surface area (Å²) in [5.74, 6) is -0.201. The lowest BCUT2D eigenvalue weighted by molar-refractivity contribution is -0.121. The van der Waals surface area contributed by atoms with Gasteiger partial charge in [0.1, 0.15) is 11.6 Å². The molecule has 0 saturated carbocycles. The number of carbonyl (C=O) groups is 1. The van der Waals surface area contributed by atoms with E-state index >= 15 is 0 Å². The molecule has 0 aromatic heterocycles. The number of hydrogen-bond donors (Lipinski definition) is 2. The molecule has 0 bridgehead atoms. The van der Waals surface area contributed by atoms with E-state index in [-0.39, 0.29) is 17.5 Å². The summed E-state index contributed by atoms with van der Waals surface area (Å²) in [5, 5.41) is 12.3. The average Bonchev–Trinajstić information content (AvgIpc) is 2.81. The first kappa shape index (κ1) is 16.5. The summed E-state index contributed by atoms with van der Waals surface area (Å²) in [5.41, 5.74) is 1.76. The second-order valence-corrected chi connectivity index (χ2v) is 6.53. The van der Waals surface area contributed by atoms with Gasteiger partial charge in [-0.25, -0.2) is 4.39 Å². The van der Waals surface area contributed by atoms with Crippen molar-refractivity contribution in [1.29, 1.82) is 0 Å². The van der Waals surface area contributed by atoms with Crippen LogP contribution in [0.5, 0.6) is 5.75 Å². The summed E-state index contributed by atoms with van der Waals surface area (Å²) in [7, 11) is 0. The van der Waals surface area contributed by atoms with E-state index in [2.05, 4.69) is 12.2 Å². The van der Waals surface area contributed by atoms with E-state index in [1.54, 1.807) is 18.2 Å². The highest BCUT2D eigenvalue weighted by Gasteiger charge is 2.46. The quantitative estimate of drug-likeness (QED) is 0.765. The smallest absolute Gasteiger partial charge is 0.235 e. The minimum atomic E-state index is -0.671. The van der Waals surface area contributed by atoms with Crippen molar-refractivity contribution < 1.29 is 14.3 Å². The highest BCUT2D eigenvalue weighted by molar-refractivity contribution is 6.06. The van der Waals surface area contributed by atoms with Crippen LogP contribution < -0.4 is 5.32 Å². The third-order valence-corrected chi connectivity index (χ3v) is 4.83. The number of fused-ring (bicyclic) bond motifs is 1. The van der Waals surface area contributed by atoms with E-state index in [1.165, 1.54) is 12.1 Å². The molecule has 4 heteroatoms. The second kappa shape index (κ2) is 6.63. The number of nitrogens with one attached hydrogen (secondary N) is 1. The second-order valence-electron chi connectivity index (χ2n) is 6.53. The van der Waals surface area contributed by atoms with E-state index in [0.29, 0.717) is 12.1 Å². The van der Waals surface area contributed by atoms with Gasteiger partial charge in [0, 0.05) is 5.69 Å². The minimum absolute atomic E-state index is 0.0627. The molecule has 1 amide bonds. The molecule has 126 valence electrons. The lowest BCUT2D eigenvalue weighted by Gasteiger charge is -2.28. The molecule has 2 aromatic rings. The molecule has 1 aliphatic heterocycles. The standard InChI is InChI=1S/C20H22FNO2/c1-2-3-4-11-20(13-14-5-8-16(23)9-6-14)17-10-7-15(21)12-18(17)22-19(20)24/h5-10,12,23H,2-4,11,13H2,1H3,(H,22,24). The van der Waals surface area contributed by atoms with Gasteiger partial charge in [-0.3, -0.25) is 4.79 Å². The topological polar surface area (TPSA) is 49.3 Å². The average molecular weight is 327 g/mol. The molecule has 0 radical (unpaired) electrons. The summed E-state index contributed by atoms with van der Waals surface area (Å²) >= 11 is 0. The van der Waals surface area contributed by atoms with Crippen molar-refractivity contribution in [3.8, 4) is 5.75 Å². The van der Waals surface area contributed by atoms with Gasteiger partial charge < -0.3 is 10.4 Å². The van der Waals surface area contributed by atoms with E-state index in [9.17, 15) is 14.3 Å². The number of phenolic OH excluding ortho intramolecular Hbond substituents is 1. The summed E-state index contributed by atoms with van der Waals surface area (Å²) < 4.78 is 13.5. The van der Waals surface area contributed by atoms with Crippen LogP contribution in [-0.2, 0) is 16.6 Å². The first-order valence-corrected chi connectivity index (χ1v) is 8.44. The zero-order valence-electron chi connectivity index (χ0n) is 13.8. The Hall–Kier alpha value is -2.36. The molecule has 3 nitrogen and oxygen atoms in total. The van der Waals surface area contributed by atoms with Gasteiger partial charge in [-0.05, 0) is 48.2 Å². The Morgan fingerprint density at radius 2 is 1.88 bits per heavy atom. The van der Waals surface area contributed by atoms with E-state index in [4.69, 9.17) is 0 Å². The molecule has 1 unspecified atom stereocenters. The zero-order valence-corrected chi connectivity index (χ0v) is 13.8. The first-order chi connectivity index (χ1) is 11.5. The van der Waals surface area contributed by atoms with E-state index in [0.717, 1.165) is 36.8 Å². The fourth-order valence-electron chi connectivity index (χ4n) is 3.55. The van der Waals surface area contributed by atoms with Crippen molar-refractivity contribution in [3.63, 3.8) is 0 Å². The number of halogens is 1. The van der Waals surface area contributed by atoms with Gasteiger partial charge in [-0.1, -0.05) is 44.4 Å². The molecule has 0 spiro atoms. The molecule has 0 aliphatic carbocycles. The minimum Gasteiger partial charge on any atom is -0.508 e. The van der Waals surface area contributed by atoms with Crippen molar-refractivity contribution in [3.05, 3.63) is 59.4 Å². The number of benzene rings is 2. The van der Waals surface area contributed by atoms with Gasteiger partial charge in [0.05, 0.1) is 5.41 Å². The number of unbranched alkanes of at least 4 members (excludes halogenated alkanes) is 2. The van der Waals surface area contributed by atoms with Crippen LogP contribution in [0.4, 0.5) is 10.1 Å². The van der Waals surface area contributed by atoms with Crippen LogP contribution in [0.15, 0.2) is 42.5 Å². The maximum Gasteiger partial charge on any atom is 0.235 e. The Bertz CT molecular complexity index is 742. The van der Waals surface area contributed by atoms with Gasteiger partial charge in [0.2, 0.25) is 5.91 Å². The van der Waals surface area contributed by atoms with E-state index in [1.807, 2.05) is 12.1 Å². The van der Waals surface area contributed by atoms with Crippen molar-refractivity contribution >= 4 is 11.6 Å². The predicted molar refractivity (Wildman–Crippen MR) is 92.7 cm³/mol. The number of phenols is 1. The molecule has 24 heavy (non-hydrogen) atoms. The van der Waals surface area contributed by atoms with Crippen molar-refractivity contribution in [2.75, 3.05) is 5.32 Å². The lowest BCUT2D eigenvalue weighted by atomic mass is 9.73. The molecular weight excluding hydrogens is 305 g/mol. The van der Waals surface area contributed by atoms with Crippen LogP contribution in [-0.4, -0.2) is 11.0 Å². The van der Waals surface area contributed by atoms with Crippen LogP contribution in [0.2, 0.25) is 0 Å². The Balaban J connectivity index is 2.00. The Morgan fingerprint density at radius 3 is 2.58 bits per heavy atom. The highest BCUT2D eigenvalue weighted by atomic mass is 19.1. The SMILES string of the molecule is CCCCCC1(Cc2ccc(O)cc2)C(=O)Nc2cc(F)ccc21. The third-order valence-electron chi connectivity index (χ3n) is 4.83. The van der Waals surface area contributed by atoms with Crippen LogP contribution >= 0.6 is 0 Å². The Labute approximate surface area is 141 Å². The monoisotopic (exact) mass is 327 g/mol. The van der Waals surface area contributed by atoms with Crippen LogP contribution in [0.3, 0.4) is 0 Å². The fraction of sp³-hybridized carbons (Fsp3) is 0.350. The molecule has 3 rings (SSSR count). The number of carbonyl (C=O) groups excluding carboxylic acids is 1. The summed E-state index contributed by atoms with van der Waals surface area (Å²) in [6.07, 6.45) is 4.35. The summed E-state index contributed by atoms with van der Waals surface area (Å²) in [6, 6.07) is 11.5. The molecule has 1 aliphatic rings. The molecule has 0 saturated heterocycles. The number of hydrogen-bond acceptors (Lipinski definition) is 2. The fourth-order valence-corrected chi connectivity index (χ4v) is 3.55. The Kier molecular flexibility index (Phi) is 4.56. The largest absolute Gasteiger partial charge is 0.508 e. The molecule has 0 fully saturated rings. The molecule has 2 N–H and O–H groups in total. The molecule has 1 heterocycles. The summed E-state index contributed by atoms with van der Waals surface area (Å²) in [6.45, 7) is 2.13. The number of aromatic hydroxyl groups is 1. The van der Waals surface area contributed by atoms with Gasteiger partial charge in [0.25, 0.3) is 0 Å². The number of amides is 1. The third kappa shape index (κ3) is 3.01. The first-order valence-electron chi connectivity index (χ1n) is 8.44. The molecular formula is C20H22FNO2. The highest BCUT2D eigenvalue weighted by Crippen LogP contribution is 2.44. The molecule has 1 atom stereocenters. The predicted octanol–water partition coefficient (Wildman–Crippen LogP) is 4.54. The van der Waals surface area contributed by atoms with Crippen LogP contribution in [0.1, 0.15) is 43.7 Å². The lowest BCUT2D eigenvalue weighted by Crippen LogP contribution is -2.36. The van der Waals surface area contributed by atoms with E-state index < -0.39 is 5.41 Å². The number of anilines is 1. The van der Waals surface area contributed by atoms with Gasteiger partial charge >= 0.3 is 0 Å². The van der Waals surface area contributed by atoms with Crippen molar-refractivity contribution in [2.45, 2.75) is 44.4 Å². The Morgan fingerprint density at radius 1 is 1.12 bits per heavy atom. The van der Waals surface area contributed by atoms with Crippen molar-refractivity contribution in [2.24, 2.45) is 0 Å². The van der Waals surface area contributed by atoms with Gasteiger partial charge in [0.15, 0.2) is 0 Å². The maximum atomic E-state index is 13.5. The van der Waals surface area contributed by atoms with Gasteiger partial charge in [-0.15, -0.1) is 0 Å².